The number of aromatic nitrogens is 3. The highest BCUT2D eigenvalue weighted by Gasteiger charge is 2.33. The van der Waals surface area contributed by atoms with Crippen LogP contribution in [0.2, 0.25) is 0 Å². The number of hydrogen-bond donors (Lipinski definition) is 0. The molecule has 3 heterocycles. The maximum atomic E-state index is 12.4. The van der Waals surface area contributed by atoms with E-state index in [9.17, 15) is 4.79 Å². The number of fused-ring (bicyclic) bond motifs is 1. The highest BCUT2D eigenvalue weighted by Crippen LogP contribution is 2.26. The molecule has 1 amide bonds. The van der Waals surface area contributed by atoms with Gasteiger partial charge >= 0.3 is 6.09 Å². The minimum Gasteiger partial charge on any atom is -0.470 e. The molecule has 1 saturated heterocycles. The van der Waals surface area contributed by atoms with Gasteiger partial charge in [-0.25, -0.2) is 14.8 Å². The Balaban J connectivity index is 1.74. The van der Waals surface area contributed by atoms with Crippen LogP contribution in [-0.2, 0) is 4.74 Å². The number of halogens is 1. The van der Waals surface area contributed by atoms with Crippen molar-refractivity contribution < 1.29 is 14.3 Å². The zero-order chi connectivity index (χ0) is 18.2. The van der Waals surface area contributed by atoms with E-state index in [1.165, 1.54) is 0 Å². The standard InChI is InChI=1S/C17H23BrN4O3/c1-11-5-6-12(10-22(11)16(23)25-17(2,3)4)24-15-14-20-9-13(18)21(14)8-7-19-15/h7-9,11-12H,5-6,10H2,1-4H3. The van der Waals surface area contributed by atoms with Gasteiger partial charge in [-0.3, -0.25) is 4.40 Å². The summed E-state index contributed by atoms with van der Waals surface area (Å²) in [6, 6.07) is 0.124. The number of carbonyl (C=O) groups excluding carboxylic acids is 1. The molecule has 2 atom stereocenters. The number of likely N-dealkylation sites (tertiary alicyclic amines) is 1. The maximum absolute atomic E-state index is 12.4. The summed E-state index contributed by atoms with van der Waals surface area (Å²) < 4.78 is 14.3. The molecule has 3 rings (SSSR count). The number of imidazole rings is 1. The second kappa shape index (κ2) is 6.82. The molecular formula is C17H23BrN4O3. The molecule has 0 N–H and O–H groups in total. The molecule has 1 aliphatic rings. The van der Waals surface area contributed by atoms with E-state index in [4.69, 9.17) is 9.47 Å². The average Bonchev–Trinajstić information content (AvgIpc) is 2.90. The van der Waals surface area contributed by atoms with E-state index in [0.29, 0.717) is 18.1 Å². The van der Waals surface area contributed by atoms with Gasteiger partial charge in [0.25, 0.3) is 5.88 Å². The largest absolute Gasteiger partial charge is 0.470 e. The summed E-state index contributed by atoms with van der Waals surface area (Å²) in [6.45, 7) is 8.11. The summed E-state index contributed by atoms with van der Waals surface area (Å²) in [7, 11) is 0. The Labute approximate surface area is 155 Å². The Hall–Kier alpha value is -1.83. The third-order valence-electron chi connectivity index (χ3n) is 4.10. The van der Waals surface area contributed by atoms with E-state index in [2.05, 4.69) is 25.9 Å². The van der Waals surface area contributed by atoms with E-state index in [1.807, 2.05) is 38.3 Å². The number of nitrogens with zero attached hydrogens (tertiary/aromatic N) is 4. The van der Waals surface area contributed by atoms with E-state index >= 15 is 0 Å². The van der Waals surface area contributed by atoms with E-state index in [-0.39, 0.29) is 18.2 Å². The Morgan fingerprint density at radius 3 is 2.80 bits per heavy atom. The van der Waals surface area contributed by atoms with E-state index in [1.54, 1.807) is 17.3 Å². The molecule has 0 aromatic carbocycles. The lowest BCUT2D eigenvalue weighted by atomic mass is 10.0. The Morgan fingerprint density at radius 2 is 2.08 bits per heavy atom. The fourth-order valence-corrected chi connectivity index (χ4v) is 3.24. The molecule has 136 valence electrons. The molecule has 0 saturated carbocycles. The SMILES string of the molecule is CC1CCC(Oc2nccn3c(Br)cnc23)CN1C(=O)OC(C)(C)C. The van der Waals surface area contributed by atoms with Crippen molar-refractivity contribution in [3.05, 3.63) is 23.2 Å². The molecule has 1 aliphatic heterocycles. The van der Waals surface area contributed by atoms with Gasteiger partial charge < -0.3 is 14.4 Å². The van der Waals surface area contributed by atoms with Crippen molar-refractivity contribution in [3.63, 3.8) is 0 Å². The first-order valence-electron chi connectivity index (χ1n) is 8.38. The van der Waals surface area contributed by atoms with Gasteiger partial charge in [0.15, 0.2) is 0 Å². The Bertz CT molecular complexity index is 771. The number of amides is 1. The molecule has 1 fully saturated rings. The van der Waals surface area contributed by atoms with Crippen molar-refractivity contribution in [1.82, 2.24) is 19.3 Å². The number of hydrogen-bond acceptors (Lipinski definition) is 5. The third-order valence-corrected chi connectivity index (χ3v) is 4.68. The van der Waals surface area contributed by atoms with Gasteiger partial charge in [0.05, 0.1) is 12.7 Å². The smallest absolute Gasteiger partial charge is 0.410 e. The molecule has 2 unspecified atom stereocenters. The van der Waals surface area contributed by atoms with Crippen molar-refractivity contribution in [2.45, 2.75) is 58.3 Å². The molecule has 2 aromatic rings. The van der Waals surface area contributed by atoms with Crippen LogP contribution in [0.15, 0.2) is 23.2 Å². The fourth-order valence-electron chi connectivity index (χ4n) is 2.85. The Morgan fingerprint density at radius 1 is 1.32 bits per heavy atom. The lowest BCUT2D eigenvalue weighted by molar-refractivity contribution is -0.00581. The summed E-state index contributed by atoms with van der Waals surface area (Å²) in [5.74, 6) is 0.469. The fraction of sp³-hybridized carbons (Fsp3) is 0.588. The topological polar surface area (TPSA) is 69.0 Å². The highest BCUT2D eigenvalue weighted by atomic mass is 79.9. The molecule has 2 aromatic heterocycles. The van der Waals surface area contributed by atoms with Crippen LogP contribution in [0.4, 0.5) is 4.79 Å². The minimum atomic E-state index is -0.514. The van der Waals surface area contributed by atoms with Gasteiger partial charge in [-0.1, -0.05) is 0 Å². The second-order valence-electron chi connectivity index (χ2n) is 7.31. The molecule has 25 heavy (non-hydrogen) atoms. The van der Waals surface area contributed by atoms with Crippen molar-refractivity contribution in [2.24, 2.45) is 0 Å². The van der Waals surface area contributed by atoms with Gasteiger partial charge in [0.1, 0.15) is 16.3 Å². The van der Waals surface area contributed by atoms with E-state index in [0.717, 1.165) is 17.4 Å². The van der Waals surface area contributed by atoms with Crippen LogP contribution in [0.1, 0.15) is 40.5 Å². The van der Waals surface area contributed by atoms with Gasteiger partial charge in [0.2, 0.25) is 5.65 Å². The molecule has 8 heteroatoms. The average molecular weight is 411 g/mol. The first-order valence-corrected chi connectivity index (χ1v) is 9.18. The highest BCUT2D eigenvalue weighted by molar-refractivity contribution is 9.10. The lowest BCUT2D eigenvalue weighted by Gasteiger charge is -2.38. The molecule has 0 radical (unpaired) electrons. The quantitative estimate of drug-likeness (QED) is 0.755. The minimum absolute atomic E-state index is 0.124. The normalized spacial score (nSPS) is 21.4. The summed E-state index contributed by atoms with van der Waals surface area (Å²) in [5.41, 5.74) is 0.136. The van der Waals surface area contributed by atoms with Gasteiger partial charge in [0, 0.05) is 18.4 Å². The number of carbonyl (C=O) groups is 1. The second-order valence-corrected chi connectivity index (χ2v) is 8.12. The zero-order valence-electron chi connectivity index (χ0n) is 14.9. The molecular weight excluding hydrogens is 388 g/mol. The van der Waals surface area contributed by atoms with Crippen LogP contribution >= 0.6 is 15.9 Å². The molecule has 0 bridgehead atoms. The summed E-state index contributed by atoms with van der Waals surface area (Å²) >= 11 is 3.44. The summed E-state index contributed by atoms with van der Waals surface area (Å²) in [6.07, 6.45) is 6.46. The first-order chi connectivity index (χ1) is 11.7. The number of rotatable bonds is 2. The zero-order valence-corrected chi connectivity index (χ0v) is 16.5. The van der Waals surface area contributed by atoms with Crippen LogP contribution in [0.3, 0.4) is 0 Å². The van der Waals surface area contributed by atoms with Crippen LogP contribution in [0, 0.1) is 0 Å². The predicted octanol–water partition coefficient (Wildman–Crippen LogP) is 3.66. The van der Waals surface area contributed by atoms with Gasteiger partial charge in [-0.15, -0.1) is 0 Å². The first kappa shape index (κ1) is 18.0. The molecule has 0 spiro atoms. The van der Waals surface area contributed by atoms with Gasteiger partial charge in [-0.2, -0.15) is 0 Å². The van der Waals surface area contributed by atoms with Crippen LogP contribution in [-0.4, -0.2) is 49.7 Å². The lowest BCUT2D eigenvalue weighted by Crippen LogP contribution is -2.50. The number of ether oxygens (including phenoxy) is 2. The predicted molar refractivity (Wildman–Crippen MR) is 96.7 cm³/mol. The van der Waals surface area contributed by atoms with Crippen LogP contribution in [0.25, 0.3) is 5.65 Å². The monoisotopic (exact) mass is 410 g/mol. The van der Waals surface area contributed by atoms with Crippen molar-refractivity contribution in [3.8, 4) is 5.88 Å². The molecule has 7 nitrogen and oxygen atoms in total. The van der Waals surface area contributed by atoms with Crippen LogP contribution < -0.4 is 4.74 Å². The third kappa shape index (κ3) is 4.05. The summed E-state index contributed by atoms with van der Waals surface area (Å²) in [5, 5.41) is 0. The van der Waals surface area contributed by atoms with Crippen LogP contribution in [0.5, 0.6) is 5.88 Å². The number of piperidine rings is 1. The van der Waals surface area contributed by atoms with Gasteiger partial charge in [-0.05, 0) is 56.5 Å². The van der Waals surface area contributed by atoms with E-state index < -0.39 is 5.60 Å². The maximum Gasteiger partial charge on any atom is 0.410 e. The molecule has 0 aliphatic carbocycles. The summed E-state index contributed by atoms with van der Waals surface area (Å²) in [4.78, 5) is 22.8. The van der Waals surface area contributed by atoms with Crippen molar-refractivity contribution in [2.75, 3.05) is 6.54 Å². The van der Waals surface area contributed by atoms with Crippen molar-refractivity contribution >= 4 is 27.7 Å². The Kier molecular flexibility index (Phi) is 4.90. The van der Waals surface area contributed by atoms with Crippen molar-refractivity contribution in [1.29, 1.82) is 0 Å².